The Morgan fingerprint density at radius 3 is 2.21 bits per heavy atom. The van der Waals surface area contributed by atoms with Gasteiger partial charge < -0.3 is 19.6 Å². The van der Waals surface area contributed by atoms with Crippen LogP contribution in [0.3, 0.4) is 0 Å². The highest BCUT2D eigenvalue weighted by Crippen LogP contribution is 2.37. The number of carbonyl (C=O) groups is 2. The molecule has 0 spiro atoms. The van der Waals surface area contributed by atoms with Gasteiger partial charge in [-0.25, -0.2) is 4.79 Å². The minimum Gasteiger partial charge on any atom is -0.495 e. The average Bonchev–Trinajstić information content (AvgIpc) is 2.86. The summed E-state index contributed by atoms with van der Waals surface area (Å²) in [5.74, 6) is 0.420. The van der Waals surface area contributed by atoms with Gasteiger partial charge in [0.25, 0.3) is 0 Å². The number of methoxy groups -OCH3 is 1. The van der Waals surface area contributed by atoms with Crippen molar-refractivity contribution in [3.05, 3.63) is 77.9 Å². The van der Waals surface area contributed by atoms with Gasteiger partial charge in [-0.1, -0.05) is 69.3 Å². The lowest BCUT2D eigenvalue weighted by Gasteiger charge is -2.36. The topological polar surface area (TPSA) is 96.9 Å². The lowest BCUT2D eigenvalue weighted by Crippen LogP contribution is -2.40. The highest BCUT2D eigenvalue weighted by atomic mass is 28.4. The Kier molecular flexibility index (Phi) is 9.35. The fourth-order valence-electron chi connectivity index (χ4n) is 3.71. The van der Waals surface area contributed by atoms with Crippen LogP contribution in [0.25, 0.3) is 11.1 Å². The standard InChI is InChI=1S/C30H38N2O5Si/c1-30(2,3)38(5,6)37-20-22-13-16-25(27(19-22)36-4)31-28(33)17-14-21-12-15-24(23-10-8-7-9-11-23)26(18-21)32-29(34)35/h7-13,15-16,18-19,32H,14,17,20H2,1-6H3,(H,31,33)(H,34,35). The molecule has 0 atom stereocenters. The number of hydrogen-bond donors (Lipinski definition) is 3. The molecule has 8 heteroatoms. The molecule has 7 nitrogen and oxygen atoms in total. The number of carbonyl (C=O) groups excluding carboxylic acids is 1. The first kappa shape index (κ1) is 28.9. The van der Waals surface area contributed by atoms with Crippen molar-refractivity contribution >= 4 is 31.7 Å². The minimum absolute atomic E-state index is 0.122. The maximum absolute atomic E-state index is 12.8. The van der Waals surface area contributed by atoms with E-state index >= 15 is 0 Å². The maximum atomic E-state index is 12.8. The first-order chi connectivity index (χ1) is 17.9. The molecule has 3 rings (SSSR count). The molecule has 0 aliphatic rings. The van der Waals surface area contributed by atoms with Gasteiger partial charge in [0.15, 0.2) is 8.32 Å². The predicted octanol–water partition coefficient (Wildman–Crippen LogP) is 7.55. The molecule has 0 unspecified atom stereocenters. The predicted molar refractivity (Wildman–Crippen MR) is 155 cm³/mol. The van der Waals surface area contributed by atoms with Crippen LogP contribution in [-0.4, -0.2) is 32.5 Å². The van der Waals surface area contributed by atoms with Crippen molar-refractivity contribution in [3.8, 4) is 16.9 Å². The molecule has 3 aromatic rings. The van der Waals surface area contributed by atoms with Gasteiger partial charge in [-0.15, -0.1) is 0 Å². The monoisotopic (exact) mass is 534 g/mol. The van der Waals surface area contributed by atoms with Crippen LogP contribution in [0, 0.1) is 0 Å². The third-order valence-corrected chi connectivity index (χ3v) is 11.5. The van der Waals surface area contributed by atoms with E-state index < -0.39 is 14.4 Å². The second kappa shape index (κ2) is 12.3. The zero-order valence-electron chi connectivity index (χ0n) is 23.1. The number of benzene rings is 3. The van der Waals surface area contributed by atoms with Crippen molar-refractivity contribution in [2.75, 3.05) is 17.7 Å². The Morgan fingerprint density at radius 1 is 0.895 bits per heavy atom. The van der Waals surface area contributed by atoms with E-state index in [9.17, 15) is 14.7 Å². The van der Waals surface area contributed by atoms with Gasteiger partial charge in [-0.3, -0.25) is 10.1 Å². The molecule has 0 aromatic heterocycles. The summed E-state index contributed by atoms with van der Waals surface area (Å²) in [6, 6.07) is 20.8. The highest BCUT2D eigenvalue weighted by Gasteiger charge is 2.37. The van der Waals surface area contributed by atoms with Crippen LogP contribution in [0.1, 0.15) is 38.3 Å². The average molecular weight is 535 g/mol. The molecule has 38 heavy (non-hydrogen) atoms. The molecular weight excluding hydrogens is 496 g/mol. The summed E-state index contributed by atoms with van der Waals surface area (Å²) < 4.78 is 11.8. The fourth-order valence-corrected chi connectivity index (χ4v) is 4.68. The normalized spacial score (nSPS) is 11.6. The highest BCUT2D eigenvalue weighted by molar-refractivity contribution is 6.74. The quantitative estimate of drug-likeness (QED) is 0.233. The smallest absolute Gasteiger partial charge is 0.409 e. The van der Waals surface area contributed by atoms with E-state index in [2.05, 4.69) is 44.5 Å². The minimum atomic E-state index is -1.88. The molecule has 202 valence electrons. The number of aryl methyl sites for hydroxylation is 1. The Morgan fingerprint density at radius 2 is 1.58 bits per heavy atom. The molecule has 0 saturated carbocycles. The number of rotatable bonds is 10. The van der Waals surface area contributed by atoms with E-state index in [1.807, 2.05) is 60.7 Å². The molecule has 0 aliphatic carbocycles. The summed E-state index contributed by atoms with van der Waals surface area (Å²) >= 11 is 0. The van der Waals surface area contributed by atoms with Gasteiger partial charge in [-0.2, -0.15) is 0 Å². The summed E-state index contributed by atoms with van der Waals surface area (Å²) in [5.41, 5.74) is 4.62. The second-order valence-electron chi connectivity index (χ2n) is 10.8. The van der Waals surface area contributed by atoms with E-state index in [0.717, 1.165) is 22.3 Å². The second-order valence-corrected chi connectivity index (χ2v) is 15.6. The number of amides is 2. The van der Waals surface area contributed by atoms with Crippen LogP contribution in [0.2, 0.25) is 18.1 Å². The van der Waals surface area contributed by atoms with Gasteiger partial charge in [0.2, 0.25) is 5.91 Å². The van der Waals surface area contributed by atoms with Crippen molar-refractivity contribution in [2.45, 2.75) is 58.4 Å². The SMILES string of the molecule is COc1cc(CO[Si](C)(C)C(C)(C)C)ccc1NC(=O)CCc1ccc(-c2ccccc2)c(NC(=O)O)c1. The van der Waals surface area contributed by atoms with Crippen molar-refractivity contribution in [1.82, 2.24) is 0 Å². The number of carboxylic acid groups (broad SMARTS) is 1. The van der Waals surface area contributed by atoms with Crippen LogP contribution in [0.4, 0.5) is 16.2 Å². The number of anilines is 2. The first-order valence-electron chi connectivity index (χ1n) is 12.7. The van der Waals surface area contributed by atoms with Crippen LogP contribution in [0.15, 0.2) is 66.7 Å². The molecule has 3 N–H and O–H groups in total. The van der Waals surface area contributed by atoms with E-state index in [1.54, 1.807) is 13.2 Å². The molecule has 0 heterocycles. The number of ether oxygens (including phenoxy) is 1. The zero-order valence-corrected chi connectivity index (χ0v) is 24.1. The molecule has 0 saturated heterocycles. The van der Waals surface area contributed by atoms with Gasteiger partial charge in [-0.05, 0) is 59.4 Å². The molecule has 3 aromatic carbocycles. The van der Waals surface area contributed by atoms with Crippen molar-refractivity contribution in [2.24, 2.45) is 0 Å². The lowest BCUT2D eigenvalue weighted by molar-refractivity contribution is -0.116. The Hall–Kier alpha value is -3.62. The number of hydrogen-bond acceptors (Lipinski definition) is 4. The maximum Gasteiger partial charge on any atom is 0.409 e. The van der Waals surface area contributed by atoms with Gasteiger partial charge >= 0.3 is 6.09 Å². The van der Waals surface area contributed by atoms with E-state index in [4.69, 9.17) is 9.16 Å². The summed E-state index contributed by atoms with van der Waals surface area (Å²) in [6.07, 6.45) is -0.450. The third-order valence-electron chi connectivity index (χ3n) is 7.00. The Balaban J connectivity index is 1.65. The number of nitrogens with one attached hydrogen (secondary N) is 2. The lowest BCUT2D eigenvalue weighted by atomic mass is 9.99. The zero-order chi connectivity index (χ0) is 27.9. The summed E-state index contributed by atoms with van der Waals surface area (Å²) in [6.45, 7) is 11.6. The van der Waals surface area contributed by atoms with Gasteiger partial charge in [0.05, 0.1) is 25.1 Å². The largest absolute Gasteiger partial charge is 0.495 e. The van der Waals surface area contributed by atoms with Crippen molar-refractivity contribution < 1.29 is 23.9 Å². The van der Waals surface area contributed by atoms with E-state index in [1.165, 1.54) is 0 Å². The van der Waals surface area contributed by atoms with Crippen LogP contribution in [0.5, 0.6) is 5.75 Å². The molecular formula is C30H38N2O5Si. The van der Waals surface area contributed by atoms with Crippen molar-refractivity contribution in [1.29, 1.82) is 0 Å². The van der Waals surface area contributed by atoms with Crippen molar-refractivity contribution in [3.63, 3.8) is 0 Å². The molecule has 2 amide bonds. The molecule has 0 fully saturated rings. The molecule has 0 radical (unpaired) electrons. The molecule has 0 bridgehead atoms. The fraction of sp³-hybridized carbons (Fsp3) is 0.333. The van der Waals surface area contributed by atoms with Gasteiger partial charge in [0, 0.05) is 12.0 Å². The summed E-state index contributed by atoms with van der Waals surface area (Å²) in [4.78, 5) is 24.1. The van der Waals surface area contributed by atoms with Crippen LogP contribution >= 0.6 is 0 Å². The summed E-state index contributed by atoms with van der Waals surface area (Å²) in [7, 11) is -0.304. The van der Waals surface area contributed by atoms with Crippen LogP contribution in [-0.2, 0) is 22.2 Å². The first-order valence-corrected chi connectivity index (χ1v) is 15.6. The van der Waals surface area contributed by atoms with Gasteiger partial charge in [0.1, 0.15) is 5.75 Å². The van der Waals surface area contributed by atoms with Crippen LogP contribution < -0.4 is 15.4 Å². The van der Waals surface area contributed by atoms with E-state index in [-0.39, 0.29) is 17.4 Å². The Bertz CT molecular complexity index is 1270. The third kappa shape index (κ3) is 7.69. The summed E-state index contributed by atoms with van der Waals surface area (Å²) in [5, 5.41) is 14.8. The van der Waals surface area contributed by atoms with E-state index in [0.29, 0.717) is 30.2 Å². The molecule has 0 aliphatic heterocycles. The Labute approximate surface area is 226 Å².